The first kappa shape index (κ1) is 22.3. The van der Waals surface area contributed by atoms with E-state index in [0.29, 0.717) is 0 Å². The first-order valence-electron chi connectivity index (χ1n) is 6.22. The molecule has 0 heterocycles. The van der Waals surface area contributed by atoms with Gasteiger partial charge in [0.2, 0.25) is 0 Å². The number of hydrogen-bond donors (Lipinski definition) is 7. The number of hydrogen-bond acceptors (Lipinski definition) is 7. The summed E-state index contributed by atoms with van der Waals surface area (Å²) in [6.07, 6.45) is -9.84. The molecule has 0 atom stereocenters. The summed E-state index contributed by atoms with van der Waals surface area (Å²) >= 11 is 27.9. The summed E-state index contributed by atoms with van der Waals surface area (Å²) in [5.41, 5.74) is 0. The van der Waals surface area contributed by atoms with E-state index in [1.807, 2.05) is 0 Å². The van der Waals surface area contributed by atoms with Gasteiger partial charge in [-0.2, -0.15) is 0 Å². The second-order valence-corrected chi connectivity index (χ2v) is 6.75. The molecule has 1 aromatic rings. The second kappa shape index (κ2) is 8.75. The molecule has 1 fully saturated rings. The first-order chi connectivity index (χ1) is 10.9. The molecule has 24 heavy (non-hydrogen) atoms. The summed E-state index contributed by atoms with van der Waals surface area (Å²) in [7, 11) is 0. The molecule has 1 saturated carbocycles. The predicted molar refractivity (Wildman–Crippen MR) is 89.2 cm³/mol. The number of aliphatic hydroxyl groups is 6. The lowest BCUT2D eigenvalue weighted by atomic mass is 9.85. The maximum absolute atomic E-state index is 9.20. The van der Waals surface area contributed by atoms with E-state index in [1.54, 1.807) is 0 Å². The van der Waals surface area contributed by atoms with Crippen molar-refractivity contribution in [1.29, 1.82) is 0 Å². The van der Waals surface area contributed by atoms with E-state index in [0.717, 1.165) is 0 Å². The Morgan fingerprint density at radius 3 is 0.792 bits per heavy atom. The molecule has 7 nitrogen and oxygen atoms in total. The molecule has 0 radical (unpaired) electrons. The van der Waals surface area contributed by atoms with Crippen LogP contribution in [0.15, 0.2) is 0 Å². The van der Waals surface area contributed by atoms with Crippen LogP contribution < -0.4 is 0 Å². The fourth-order valence-corrected chi connectivity index (χ4v) is 2.93. The molecule has 1 aromatic carbocycles. The highest BCUT2D eigenvalue weighted by Gasteiger charge is 2.47. The third kappa shape index (κ3) is 4.31. The maximum atomic E-state index is 9.20. The van der Waals surface area contributed by atoms with Gasteiger partial charge >= 0.3 is 0 Å². The highest BCUT2D eigenvalue weighted by molar-refractivity contribution is 6.55. The van der Waals surface area contributed by atoms with Crippen molar-refractivity contribution in [3.8, 4) is 5.75 Å². The Morgan fingerprint density at radius 2 is 0.583 bits per heavy atom. The Kier molecular flexibility index (Phi) is 8.12. The van der Waals surface area contributed by atoms with Crippen LogP contribution in [0.5, 0.6) is 5.75 Å². The lowest BCUT2D eigenvalue weighted by Crippen LogP contribution is -2.63. The average Bonchev–Trinajstić information content (AvgIpc) is 2.58. The minimum Gasteiger partial charge on any atom is -0.505 e. The summed E-state index contributed by atoms with van der Waals surface area (Å²) in [5, 5.41) is 62.9. The van der Waals surface area contributed by atoms with Gasteiger partial charge in [-0.25, -0.2) is 0 Å². The van der Waals surface area contributed by atoms with Crippen molar-refractivity contribution in [2.45, 2.75) is 36.6 Å². The Morgan fingerprint density at radius 1 is 0.417 bits per heavy atom. The molecule has 1 aliphatic rings. The lowest BCUT2D eigenvalue weighted by Gasteiger charge is -2.39. The SMILES string of the molecule is O[C@H]1[C@H](O)[C@@H](O)[C@H](O)[C@@H](O)[C@H]1O.Oc1c(Cl)c(Cl)c(Cl)c(Cl)c1Cl. The summed E-state index contributed by atoms with van der Waals surface area (Å²) < 4.78 is 0. The van der Waals surface area contributed by atoms with E-state index in [9.17, 15) is 5.11 Å². The van der Waals surface area contributed by atoms with Crippen molar-refractivity contribution < 1.29 is 35.7 Å². The minimum atomic E-state index is -1.64. The van der Waals surface area contributed by atoms with Gasteiger partial charge in [-0.1, -0.05) is 58.0 Å². The molecule has 1 aliphatic carbocycles. The number of phenolic OH excluding ortho intramolecular Hbond substituents is 1. The fraction of sp³-hybridized carbons (Fsp3) is 0.500. The Labute approximate surface area is 161 Å². The van der Waals surface area contributed by atoms with E-state index in [4.69, 9.17) is 88.6 Å². The van der Waals surface area contributed by atoms with Crippen LogP contribution in [0.4, 0.5) is 0 Å². The Bertz CT molecular complexity index is 438. The van der Waals surface area contributed by atoms with Gasteiger partial charge in [0.25, 0.3) is 0 Å². The van der Waals surface area contributed by atoms with Crippen molar-refractivity contribution in [1.82, 2.24) is 0 Å². The zero-order valence-electron chi connectivity index (χ0n) is 11.5. The average molecular weight is 446 g/mol. The van der Waals surface area contributed by atoms with Gasteiger partial charge < -0.3 is 35.7 Å². The van der Waals surface area contributed by atoms with E-state index in [-0.39, 0.29) is 30.9 Å². The van der Waals surface area contributed by atoms with E-state index < -0.39 is 36.6 Å². The van der Waals surface area contributed by atoms with E-state index >= 15 is 0 Å². The van der Waals surface area contributed by atoms with Crippen molar-refractivity contribution in [2.24, 2.45) is 0 Å². The standard InChI is InChI=1S/C6HCl5O.C6H12O6/c2*7-1-2(8)4(10)6(12)5(11)3(1)9/h12H;1-12H/t;1-,2-,3-,4+,5-,6-. The number of aromatic hydroxyl groups is 1. The lowest BCUT2D eigenvalue weighted by molar-refractivity contribution is -0.223. The molecule has 0 saturated heterocycles. The van der Waals surface area contributed by atoms with Gasteiger partial charge in [0.1, 0.15) is 46.7 Å². The van der Waals surface area contributed by atoms with E-state index in [2.05, 4.69) is 0 Å². The molecule has 0 amide bonds. The largest absolute Gasteiger partial charge is 0.505 e. The minimum absolute atomic E-state index is 0.00904. The monoisotopic (exact) mass is 444 g/mol. The molecule has 138 valence electrons. The molecule has 0 aromatic heterocycles. The second-order valence-electron chi connectivity index (χ2n) is 4.86. The number of benzene rings is 1. The van der Waals surface area contributed by atoms with Gasteiger partial charge in [0.05, 0.1) is 15.1 Å². The summed E-state index contributed by atoms with van der Waals surface area (Å²) in [6.45, 7) is 0. The number of phenols is 1. The molecular weight excluding hydrogens is 433 g/mol. The molecule has 12 heteroatoms. The predicted octanol–water partition coefficient (Wildman–Crippen LogP) is 0.825. The van der Waals surface area contributed by atoms with Crippen LogP contribution in [0, 0.1) is 0 Å². The number of rotatable bonds is 0. The molecular formula is C12H13Cl5O7. The third-order valence-electron chi connectivity index (χ3n) is 3.29. The van der Waals surface area contributed by atoms with Gasteiger partial charge in [0.15, 0.2) is 5.75 Å². The molecule has 0 spiro atoms. The van der Waals surface area contributed by atoms with Crippen LogP contribution in [-0.4, -0.2) is 72.4 Å². The normalized spacial score (nSPS) is 33.0. The van der Waals surface area contributed by atoms with E-state index in [1.165, 1.54) is 0 Å². The topological polar surface area (TPSA) is 142 Å². The smallest absolute Gasteiger partial charge is 0.155 e. The van der Waals surface area contributed by atoms with Crippen molar-refractivity contribution >= 4 is 58.0 Å². The molecule has 2 rings (SSSR count). The maximum Gasteiger partial charge on any atom is 0.155 e. The van der Waals surface area contributed by atoms with Gasteiger partial charge in [0, 0.05) is 0 Å². The molecule has 0 aliphatic heterocycles. The Hall–Kier alpha value is 0.230. The molecule has 0 bridgehead atoms. The van der Waals surface area contributed by atoms with Crippen LogP contribution >= 0.6 is 58.0 Å². The number of halogens is 5. The summed E-state index contributed by atoms with van der Waals surface area (Å²) in [6, 6.07) is 0. The van der Waals surface area contributed by atoms with Crippen molar-refractivity contribution in [3.63, 3.8) is 0 Å². The number of aliphatic hydroxyl groups excluding tert-OH is 6. The van der Waals surface area contributed by atoms with Crippen LogP contribution in [0.3, 0.4) is 0 Å². The zero-order valence-corrected chi connectivity index (χ0v) is 15.3. The first-order valence-corrected chi connectivity index (χ1v) is 8.11. The van der Waals surface area contributed by atoms with Crippen molar-refractivity contribution in [3.05, 3.63) is 25.1 Å². The fourth-order valence-electron chi connectivity index (χ4n) is 1.81. The Balaban J connectivity index is 0.000000240. The summed E-state index contributed by atoms with van der Waals surface area (Å²) in [4.78, 5) is 0. The quantitative estimate of drug-likeness (QED) is 0.231. The highest BCUT2D eigenvalue weighted by atomic mass is 35.5. The molecule has 7 N–H and O–H groups in total. The molecule has 0 unspecified atom stereocenters. The van der Waals surface area contributed by atoms with Crippen LogP contribution in [0.2, 0.25) is 25.1 Å². The highest BCUT2D eigenvalue weighted by Crippen LogP contribution is 2.47. The van der Waals surface area contributed by atoms with Crippen LogP contribution in [-0.2, 0) is 0 Å². The van der Waals surface area contributed by atoms with Gasteiger partial charge in [-0.05, 0) is 0 Å². The van der Waals surface area contributed by atoms with Crippen LogP contribution in [0.25, 0.3) is 0 Å². The third-order valence-corrected chi connectivity index (χ3v) is 5.54. The zero-order chi connectivity index (χ0) is 18.9. The van der Waals surface area contributed by atoms with Gasteiger partial charge in [-0.15, -0.1) is 0 Å². The van der Waals surface area contributed by atoms with Gasteiger partial charge in [-0.3, -0.25) is 0 Å². The van der Waals surface area contributed by atoms with Crippen molar-refractivity contribution in [2.75, 3.05) is 0 Å². The summed E-state index contributed by atoms with van der Waals surface area (Å²) in [5.74, 6) is -0.363. The van der Waals surface area contributed by atoms with Crippen LogP contribution in [0.1, 0.15) is 0 Å².